The molecular formula is C8H15N2O6S+. The van der Waals surface area contributed by atoms with Crippen LogP contribution in [0.5, 0.6) is 0 Å². The fourth-order valence-corrected chi connectivity index (χ4v) is 2.47. The highest BCUT2D eigenvalue weighted by Gasteiger charge is 2.60. The number of likely N-dealkylation sites (N-methyl/N-ethyl adjacent to an activating group) is 1. The van der Waals surface area contributed by atoms with Crippen LogP contribution in [-0.2, 0) is 19.7 Å². The second kappa shape index (κ2) is 4.43. The number of carboxylic acids is 1. The van der Waals surface area contributed by atoms with Gasteiger partial charge in [0.2, 0.25) is 5.91 Å². The third-order valence-electron chi connectivity index (χ3n) is 2.17. The number of primary amides is 1. The zero-order chi connectivity index (χ0) is 14.1. The summed E-state index contributed by atoms with van der Waals surface area (Å²) in [5, 5.41) is 9.05. The number of quaternary nitrogens is 1. The summed E-state index contributed by atoms with van der Waals surface area (Å²) in [5.74, 6) is -2.84. The van der Waals surface area contributed by atoms with Crippen LogP contribution in [0, 0.1) is 0 Å². The first-order valence-corrected chi connectivity index (χ1v) is 5.81. The number of nitrogens with zero attached hydrogens (tertiary/aromatic N) is 1. The summed E-state index contributed by atoms with van der Waals surface area (Å²) in [6.07, 6.45) is 1.15. The van der Waals surface area contributed by atoms with Crippen molar-refractivity contribution in [2.45, 2.75) is 4.87 Å². The van der Waals surface area contributed by atoms with Crippen LogP contribution in [0.15, 0.2) is 12.2 Å². The Balaban J connectivity index is 6.17. The zero-order valence-corrected chi connectivity index (χ0v) is 10.4. The van der Waals surface area contributed by atoms with Gasteiger partial charge in [0.25, 0.3) is 0 Å². The summed E-state index contributed by atoms with van der Waals surface area (Å²) < 4.78 is 31.1. The van der Waals surface area contributed by atoms with Crippen molar-refractivity contribution in [2.24, 2.45) is 5.73 Å². The molecule has 1 atom stereocenters. The Bertz CT molecular complexity index is 461. The van der Waals surface area contributed by atoms with E-state index in [1.165, 1.54) is 21.1 Å². The number of hydrogen-bond acceptors (Lipinski definition) is 4. The molecule has 0 rings (SSSR count). The zero-order valence-electron chi connectivity index (χ0n) is 9.61. The van der Waals surface area contributed by atoms with Gasteiger partial charge in [0.05, 0.1) is 21.1 Å². The Morgan fingerprint density at radius 3 is 1.88 bits per heavy atom. The van der Waals surface area contributed by atoms with Gasteiger partial charge in [-0.25, -0.2) is 4.79 Å². The maximum Gasteiger partial charge on any atom is 0.389 e. The minimum Gasteiger partial charge on any atom is -0.475 e. The maximum absolute atomic E-state index is 11.3. The molecule has 0 aliphatic carbocycles. The molecule has 4 N–H and O–H groups in total. The predicted octanol–water partition coefficient (Wildman–Crippen LogP) is -1.60. The molecule has 98 valence electrons. The molecule has 0 saturated carbocycles. The predicted molar refractivity (Wildman–Crippen MR) is 58.3 cm³/mol. The largest absolute Gasteiger partial charge is 0.475 e. The Morgan fingerprint density at radius 1 is 1.29 bits per heavy atom. The standard InChI is InChI=1S/C8H14N2O6S/c1-10(2,3)8(7(12)13,17(14,15)16)5-4-6(9)11/h4-5H,1-3H3,(H3-,9,11,12,13,14,15,16)/p+1. The fourth-order valence-electron chi connectivity index (χ4n) is 1.32. The number of nitrogens with two attached hydrogens (primary N) is 1. The van der Waals surface area contributed by atoms with Gasteiger partial charge in [0, 0.05) is 12.2 Å². The van der Waals surface area contributed by atoms with Crippen molar-refractivity contribution in [3.63, 3.8) is 0 Å². The molecule has 9 heteroatoms. The van der Waals surface area contributed by atoms with Crippen LogP contribution in [0.3, 0.4) is 0 Å². The molecule has 0 aromatic rings. The van der Waals surface area contributed by atoms with Crippen LogP contribution < -0.4 is 5.73 Å². The van der Waals surface area contributed by atoms with Crippen LogP contribution in [0.25, 0.3) is 0 Å². The lowest BCUT2D eigenvalue weighted by Crippen LogP contribution is -2.65. The van der Waals surface area contributed by atoms with Gasteiger partial charge in [-0.3, -0.25) is 13.8 Å². The summed E-state index contributed by atoms with van der Waals surface area (Å²) in [6, 6.07) is 0. The Kier molecular flexibility index (Phi) is 4.05. The van der Waals surface area contributed by atoms with Gasteiger partial charge in [-0.1, -0.05) is 0 Å². The molecule has 0 heterocycles. The molecular weight excluding hydrogens is 252 g/mol. The van der Waals surface area contributed by atoms with Gasteiger partial charge in [-0.05, 0) is 0 Å². The van der Waals surface area contributed by atoms with Crippen LogP contribution in [-0.4, -0.2) is 60.5 Å². The number of carbonyl (C=O) groups excluding carboxylic acids is 1. The van der Waals surface area contributed by atoms with E-state index in [2.05, 4.69) is 0 Å². The highest BCUT2D eigenvalue weighted by Crippen LogP contribution is 2.27. The first-order valence-electron chi connectivity index (χ1n) is 4.37. The number of carboxylic acid groups (broad SMARTS) is 1. The van der Waals surface area contributed by atoms with E-state index in [4.69, 9.17) is 15.4 Å². The first kappa shape index (κ1) is 15.6. The fraction of sp³-hybridized carbons (Fsp3) is 0.500. The van der Waals surface area contributed by atoms with Crippen LogP contribution in [0.2, 0.25) is 0 Å². The van der Waals surface area contributed by atoms with Gasteiger partial charge in [0.1, 0.15) is 0 Å². The van der Waals surface area contributed by atoms with E-state index in [1.54, 1.807) is 0 Å². The van der Waals surface area contributed by atoms with E-state index in [0.29, 0.717) is 12.2 Å². The van der Waals surface area contributed by atoms with Crippen LogP contribution >= 0.6 is 0 Å². The third kappa shape index (κ3) is 2.81. The van der Waals surface area contributed by atoms with Gasteiger partial charge < -0.3 is 10.8 Å². The molecule has 0 fully saturated rings. The van der Waals surface area contributed by atoms with Crippen molar-refractivity contribution in [3.8, 4) is 0 Å². The Labute approximate surface area is 98.7 Å². The smallest absolute Gasteiger partial charge is 0.389 e. The molecule has 0 aromatic heterocycles. The van der Waals surface area contributed by atoms with Gasteiger partial charge >= 0.3 is 21.0 Å². The van der Waals surface area contributed by atoms with Gasteiger partial charge in [0.15, 0.2) is 0 Å². The molecule has 17 heavy (non-hydrogen) atoms. The summed E-state index contributed by atoms with van der Waals surface area (Å²) >= 11 is 0. The van der Waals surface area contributed by atoms with Crippen molar-refractivity contribution in [1.82, 2.24) is 0 Å². The van der Waals surface area contributed by atoms with Crippen LogP contribution in [0.4, 0.5) is 0 Å². The first-order chi connectivity index (χ1) is 7.36. The number of aliphatic carboxylic acids is 1. The van der Waals surface area contributed by atoms with Crippen molar-refractivity contribution in [2.75, 3.05) is 21.1 Å². The lowest BCUT2D eigenvalue weighted by Gasteiger charge is -2.37. The lowest BCUT2D eigenvalue weighted by molar-refractivity contribution is -0.891. The van der Waals surface area contributed by atoms with Crippen molar-refractivity contribution >= 4 is 22.0 Å². The molecule has 8 nitrogen and oxygen atoms in total. The number of hydrogen-bond donors (Lipinski definition) is 3. The highest BCUT2D eigenvalue weighted by atomic mass is 32.2. The highest BCUT2D eigenvalue weighted by molar-refractivity contribution is 7.88. The Morgan fingerprint density at radius 2 is 1.71 bits per heavy atom. The molecule has 0 saturated heterocycles. The van der Waals surface area contributed by atoms with E-state index in [1.807, 2.05) is 0 Å². The molecule has 0 radical (unpaired) electrons. The average molecular weight is 267 g/mol. The minimum atomic E-state index is -5.00. The summed E-state index contributed by atoms with van der Waals surface area (Å²) in [7, 11) is -1.27. The molecule has 0 spiro atoms. The lowest BCUT2D eigenvalue weighted by atomic mass is 10.2. The molecule has 0 aliphatic heterocycles. The van der Waals surface area contributed by atoms with E-state index >= 15 is 0 Å². The summed E-state index contributed by atoms with van der Waals surface area (Å²) in [4.78, 5) is 19.1. The molecule has 1 amide bonds. The Hall–Kier alpha value is -1.45. The van der Waals surface area contributed by atoms with E-state index in [0.717, 1.165) is 0 Å². The number of rotatable bonds is 5. The topological polar surface area (TPSA) is 135 Å². The van der Waals surface area contributed by atoms with Crippen molar-refractivity contribution in [1.29, 1.82) is 0 Å². The number of carbonyl (C=O) groups is 2. The van der Waals surface area contributed by atoms with E-state index < -0.39 is 31.3 Å². The molecule has 0 bridgehead atoms. The second-order valence-electron chi connectivity index (χ2n) is 4.22. The second-order valence-corrected chi connectivity index (χ2v) is 5.80. The van der Waals surface area contributed by atoms with Crippen molar-refractivity contribution in [3.05, 3.63) is 12.2 Å². The molecule has 1 unspecified atom stereocenters. The van der Waals surface area contributed by atoms with Crippen LogP contribution in [0.1, 0.15) is 0 Å². The average Bonchev–Trinajstić information content (AvgIpc) is 1.97. The van der Waals surface area contributed by atoms with Gasteiger partial charge in [-0.15, -0.1) is 0 Å². The van der Waals surface area contributed by atoms with Crippen molar-refractivity contribution < 1.29 is 32.1 Å². The minimum absolute atomic E-state index is 0.562. The molecule has 0 aromatic carbocycles. The monoisotopic (exact) mass is 267 g/mol. The summed E-state index contributed by atoms with van der Waals surface area (Å²) in [5.41, 5.74) is 4.78. The maximum atomic E-state index is 11.3. The normalized spacial score (nSPS) is 16.7. The SMILES string of the molecule is C[N+](C)(C)C(C=CC(N)=O)(C(=O)O)S(=O)(=O)O. The van der Waals surface area contributed by atoms with Gasteiger partial charge in [-0.2, -0.15) is 8.42 Å². The van der Waals surface area contributed by atoms with E-state index in [9.17, 15) is 18.0 Å². The third-order valence-corrected chi connectivity index (χ3v) is 3.81. The summed E-state index contributed by atoms with van der Waals surface area (Å²) in [6.45, 7) is 0. The number of amides is 1. The molecule has 0 aliphatic rings. The quantitative estimate of drug-likeness (QED) is 0.312. The van der Waals surface area contributed by atoms with E-state index in [-0.39, 0.29) is 0 Å².